The lowest BCUT2D eigenvalue weighted by Gasteiger charge is -2.13. The molecule has 104 valence electrons. The second kappa shape index (κ2) is 6.85. The highest BCUT2D eigenvalue weighted by Crippen LogP contribution is 2.22. The van der Waals surface area contributed by atoms with Crippen LogP contribution in [-0.4, -0.2) is 6.11 Å². The van der Waals surface area contributed by atoms with E-state index in [1.165, 1.54) is 18.2 Å². The first kappa shape index (κ1) is 14.3. The summed E-state index contributed by atoms with van der Waals surface area (Å²) in [6.45, 7) is 0. The van der Waals surface area contributed by atoms with Crippen molar-refractivity contribution in [2.75, 3.05) is 0 Å². The molecule has 0 aromatic heterocycles. The number of para-hydroxylation sites is 1. The van der Waals surface area contributed by atoms with Crippen LogP contribution >= 0.6 is 0 Å². The molecule has 2 aromatic rings. The number of benzene rings is 2. The summed E-state index contributed by atoms with van der Waals surface area (Å²) in [5, 5.41) is 0. The zero-order valence-corrected chi connectivity index (χ0v) is 11.0. The maximum atomic E-state index is 13.5. The summed E-state index contributed by atoms with van der Waals surface area (Å²) in [6, 6.07) is 17.8. The van der Waals surface area contributed by atoms with Crippen LogP contribution in [0.25, 0.3) is 0 Å². The van der Waals surface area contributed by atoms with Crippen molar-refractivity contribution < 1.29 is 13.5 Å². The Labute approximate surface area is 117 Å². The quantitative estimate of drug-likeness (QED) is 0.684. The molecule has 0 bridgehead atoms. The molecule has 0 saturated carbocycles. The van der Waals surface area contributed by atoms with Crippen molar-refractivity contribution in [1.82, 2.24) is 0 Å². The van der Waals surface area contributed by atoms with Crippen molar-refractivity contribution in [1.29, 1.82) is 0 Å². The fourth-order valence-corrected chi connectivity index (χ4v) is 1.79. The second-order valence-corrected chi connectivity index (χ2v) is 4.40. The lowest BCUT2D eigenvalue weighted by Crippen LogP contribution is -2.21. The van der Waals surface area contributed by atoms with Crippen LogP contribution in [0.15, 0.2) is 72.8 Å². The molecule has 0 N–H and O–H groups in total. The minimum Gasteiger partial charge on any atom is -0.429 e. The fraction of sp³-hybridized carbons (Fsp3) is 0.176. The lowest BCUT2D eigenvalue weighted by molar-refractivity contribution is -0.131. The third-order valence-corrected chi connectivity index (χ3v) is 2.75. The highest BCUT2D eigenvalue weighted by molar-refractivity contribution is 5.22. The van der Waals surface area contributed by atoms with Crippen molar-refractivity contribution in [3.8, 4) is 5.75 Å². The lowest BCUT2D eigenvalue weighted by atomic mass is 10.1. The number of hydrogen-bond donors (Lipinski definition) is 0. The number of allylic oxidation sites excluding steroid dienone is 1. The Bertz CT molecular complexity index is 535. The average Bonchev–Trinajstić information content (AvgIpc) is 2.45. The van der Waals surface area contributed by atoms with E-state index in [1.807, 2.05) is 30.3 Å². The Morgan fingerprint density at radius 1 is 0.900 bits per heavy atom. The highest BCUT2D eigenvalue weighted by atomic mass is 19.3. The molecule has 0 heterocycles. The smallest absolute Gasteiger partial charge is 0.419 e. The highest BCUT2D eigenvalue weighted by Gasteiger charge is 2.27. The van der Waals surface area contributed by atoms with Crippen molar-refractivity contribution in [3.63, 3.8) is 0 Å². The van der Waals surface area contributed by atoms with Gasteiger partial charge in [-0.15, -0.1) is 0 Å². The molecule has 0 fully saturated rings. The number of hydrogen-bond acceptors (Lipinski definition) is 1. The molecule has 0 saturated heterocycles. The predicted octanol–water partition coefficient (Wildman–Crippen LogP) is 4.85. The minimum atomic E-state index is -3.28. The molecule has 0 spiro atoms. The zero-order valence-electron chi connectivity index (χ0n) is 11.0. The standard InChI is InChI=1S/C17H16F2O/c18-17(19,20-16-12-5-2-6-13-16)14-8-7-11-15-9-3-1-4-10-15/h1-6,8-10,12-14H,7,11H2/b14-8+. The van der Waals surface area contributed by atoms with Gasteiger partial charge in [-0.3, -0.25) is 0 Å². The van der Waals surface area contributed by atoms with Gasteiger partial charge in [-0.2, -0.15) is 8.78 Å². The molecule has 1 nitrogen and oxygen atoms in total. The molecule has 0 amide bonds. The van der Waals surface area contributed by atoms with Gasteiger partial charge in [0, 0.05) is 6.08 Å². The van der Waals surface area contributed by atoms with Crippen LogP contribution in [-0.2, 0) is 6.42 Å². The van der Waals surface area contributed by atoms with Crippen LogP contribution in [0.5, 0.6) is 5.75 Å². The molecule has 0 radical (unpaired) electrons. The number of aryl methyl sites for hydroxylation is 1. The Kier molecular flexibility index (Phi) is 4.88. The first-order valence-corrected chi connectivity index (χ1v) is 6.49. The van der Waals surface area contributed by atoms with E-state index < -0.39 is 6.11 Å². The van der Waals surface area contributed by atoms with Crippen LogP contribution in [0.4, 0.5) is 8.78 Å². The molecule has 0 aliphatic carbocycles. The summed E-state index contributed by atoms with van der Waals surface area (Å²) < 4.78 is 31.7. The Morgan fingerprint density at radius 3 is 2.15 bits per heavy atom. The Balaban J connectivity index is 1.83. The van der Waals surface area contributed by atoms with Crippen molar-refractivity contribution in [2.24, 2.45) is 0 Å². The third kappa shape index (κ3) is 4.84. The fourth-order valence-electron chi connectivity index (χ4n) is 1.79. The summed E-state index contributed by atoms with van der Waals surface area (Å²) in [4.78, 5) is 0. The van der Waals surface area contributed by atoms with Gasteiger partial charge in [-0.05, 0) is 30.5 Å². The van der Waals surface area contributed by atoms with E-state index >= 15 is 0 Å². The zero-order chi connectivity index (χ0) is 14.3. The van der Waals surface area contributed by atoms with Crippen LogP contribution in [0.1, 0.15) is 12.0 Å². The van der Waals surface area contributed by atoms with E-state index in [0.717, 1.165) is 18.1 Å². The third-order valence-electron chi connectivity index (χ3n) is 2.75. The summed E-state index contributed by atoms with van der Waals surface area (Å²) in [6.07, 6.45) is 0.271. The number of alkyl halides is 2. The summed E-state index contributed by atoms with van der Waals surface area (Å²) in [5.74, 6) is 0.158. The van der Waals surface area contributed by atoms with Gasteiger partial charge >= 0.3 is 6.11 Å². The van der Waals surface area contributed by atoms with Gasteiger partial charge in [0.15, 0.2) is 0 Å². The van der Waals surface area contributed by atoms with Gasteiger partial charge < -0.3 is 4.74 Å². The summed E-state index contributed by atoms with van der Waals surface area (Å²) in [5.41, 5.74) is 1.13. The van der Waals surface area contributed by atoms with Crippen molar-refractivity contribution in [2.45, 2.75) is 19.0 Å². The van der Waals surface area contributed by atoms with Crippen LogP contribution in [0, 0.1) is 0 Å². The molecule has 0 aliphatic rings. The molecule has 0 aliphatic heterocycles. The van der Waals surface area contributed by atoms with Crippen LogP contribution < -0.4 is 4.74 Å². The van der Waals surface area contributed by atoms with Gasteiger partial charge in [0.1, 0.15) is 5.75 Å². The van der Waals surface area contributed by atoms with Gasteiger partial charge in [0.25, 0.3) is 0 Å². The van der Waals surface area contributed by atoms with Gasteiger partial charge in [-0.1, -0.05) is 54.6 Å². The molecule has 0 unspecified atom stereocenters. The van der Waals surface area contributed by atoms with E-state index in [4.69, 9.17) is 0 Å². The van der Waals surface area contributed by atoms with E-state index in [1.54, 1.807) is 18.2 Å². The number of halogens is 2. The first-order chi connectivity index (χ1) is 9.66. The maximum absolute atomic E-state index is 13.5. The second-order valence-electron chi connectivity index (χ2n) is 4.40. The minimum absolute atomic E-state index is 0.158. The van der Waals surface area contributed by atoms with Crippen LogP contribution in [0.2, 0.25) is 0 Å². The van der Waals surface area contributed by atoms with Gasteiger partial charge in [0.2, 0.25) is 0 Å². The van der Waals surface area contributed by atoms with E-state index in [-0.39, 0.29) is 5.75 Å². The van der Waals surface area contributed by atoms with E-state index in [0.29, 0.717) is 6.42 Å². The SMILES string of the molecule is FC(F)(/C=C/CCc1ccccc1)Oc1ccccc1. The predicted molar refractivity (Wildman–Crippen MR) is 75.9 cm³/mol. The Morgan fingerprint density at radius 2 is 1.50 bits per heavy atom. The normalized spacial score (nSPS) is 11.7. The van der Waals surface area contributed by atoms with Gasteiger partial charge in [0.05, 0.1) is 0 Å². The maximum Gasteiger partial charge on any atom is 0.419 e. The summed E-state index contributed by atoms with van der Waals surface area (Å²) in [7, 11) is 0. The molecule has 20 heavy (non-hydrogen) atoms. The molecule has 3 heteroatoms. The first-order valence-electron chi connectivity index (χ1n) is 6.49. The van der Waals surface area contributed by atoms with E-state index in [9.17, 15) is 8.78 Å². The topological polar surface area (TPSA) is 9.23 Å². The van der Waals surface area contributed by atoms with Crippen molar-refractivity contribution in [3.05, 3.63) is 78.4 Å². The Hall–Kier alpha value is -2.16. The molecule has 0 atom stereocenters. The number of rotatable bonds is 6. The number of ether oxygens (including phenoxy) is 1. The molecular weight excluding hydrogens is 258 g/mol. The van der Waals surface area contributed by atoms with E-state index in [2.05, 4.69) is 4.74 Å². The van der Waals surface area contributed by atoms with Crippen LogP contribution in [0.3, 0.4) is 0 Å². The molecule has 2 rings (SSSR count). The largest absolute Gasteiger partial charge is 0.429 e. The van der Waals surface area contributed by atoms with Gasteiger partial charge in [-0.25, -0.2) is 0 Å². The molecular formula is C17H16F2O. The monoisotopic (exact) mass is 274 g/mol. The molecule has 2 aromatic carbocycles. The van der Waals surface area contributed by atoms with Crippen molar-refractivity contribution >= 4 is 0 Å². The summed E-state index contributed by atoms with van der Waals surface area (Å²) >= 11 is 0. The average molecular weight is 274 g/mol.